The molecule has 2 N–H and O–H groups in total. The summed E-state index contributed by atoms with van der Waals surface area (Å²) in [5.74, 6) is -0.525. The largest absolute Gasteiger partial charge is 0.458 e. The van der Waals surface area contributed by atoms with Crippen LogP contribution in [0, 0.1) is 5.82 Å². The minimum Gasteiger partial charge on any atom is -0.458 e. The molecule has 0 aliphatic rings. The molecule has 0 spiro atoms. The van der Waals surface area contributed by atoms with E-state index < -0.39 is 17.6 Å². The first-order valence-corrected chi connectivity index (χ1v) is 13.1. The molecule has 1 heterocycles. The van der Waals surface area contributed by atoms with Crippen molar-refractivity contribution >= 4 is 29.7 Å². The number of aromatic amines is 1. The predicted octanol–water partition coefficient (Wildman–Crippen LogP) is 5.66. The van der Waals surface area contributed by atoms with E-state index in [-0.39, 0.29) is 11.7 Å². The van der Waals surface area contributed by atoms with Gasteiger partial charge < -0.3 is 15.0 Å². The number of esters is 1. The molecule has 8 heteroatoms. The second-order valence-corrected chi connectivity index (χ2v) is 10.3. The Hall–Kier alpha value is -3.39. The molecule has 0 saturated heterocycles. The molecule has 1 amide bonds. The molecule has 3 aromatic rings. The van der Waals surface area contributed by atoms with Crippen molar-refractivity contribution < 1.29 is 18.7 Å². The smallest absolute Gasteiger partial charge is 0.329 e. The Kier molecular flexibility index (Phi) is 9.47. The number of amides is 1. The van der Waals surface area contributed by atoms with Crippen LogP contribution >= 0.6 is 11.8 Å². The zero-order valence-corrected chi connectivity index (χ0v) is 21.8. The highest BCUT2D eigenvalue weighted by molar-refractivity contribution is 7.98. The summed E-state index contributed by atoms with van der Waals surface area (Å²) in [6, 6.07) is 10.7. The van der Waals surface area contributed by atoms with Crippen LogP contribution in [0.4, 0.5) is 4.39 Å². The van der Waals surface area contributed by atoms with Crippen molar-refractivity contribution in [1.29, 1.82) is 0 Å². The van der Waals surface area contributed by atoms with Gasteiger partial charge in [0.1, 0.15) is 17.5 Å². The standard InChI is InChI=1S/C28H32FN3O3S/c1-28(2,3)35-27(34)25(14-15-36-4)32-26(33)23-13-8-19(6-5-7-22-17-30-18-31-22)16-24(23)20-9-11-21(29)12-10-20/h5-6,8-13,16-18,25H,7,14-15H2,1-4H3,(H,30,31)(H,32,33)/b6-5+/t25-/m0/s1. The van der Waals surface area contributed by atoms with Crippen LogP contribution in [0.1, 0.15) is 48.8 Å². The molecule has 6 nitrogen and oxygen atoms in total. The lowest BCUT2D eigenvalue weighted by Crippen LogP contribution is -2.44. The number of allylic oxidation sites excluding steroid dienone is 1. The highest BCUT2D eigenvalue weighted by Gasteiger charge is 2.27. The van der Waals surface area contributed by atoms with E-state index in [0.717, 1.165) is 11.3 Å². The zero-order chi connectivity index (χ0) is 26.1. The van der Waals surface area contributed by atoms with Crippen LogP contribution in [-0.4, -0.2) is 45.5 Å². The number of hydrogen-bond donors (Lipinski definition) is 2. The Morgan fingerprint density at radius 3 is 2.58 bits per heavy atom. The van der Waals surface area contributed by atoms with E-state index in [0.29, 0.717) is 35.3 Å². The molecule has 1 atom stereocenters. The molecule has 3 rings (SSSR count). The SMILES string of the molecule is CSCC[C@H](NC(=O)c1ccc(/C=C/Cc2cnc[nH]2)cc1-c1ccc(F)cc1)C(=O)OC(C)(C)C. The summed E-state index contributed by atoms with van der Waals surface area (Å²) in [7, 11) is 0. The van der Waals surface area contributed by atoms with Crippen LogP contribution in [0.5, 0.6) is 0 Å². The molecule has 2 aromatic carbocycles. The number of nitrogens with zero attached hydrogens (tertiary/aromatic N) is 1. The van der Waals surface area contributed by atoms with E-state index in [1.807, 2.05) is 30.5 Å². The first-order chi connectivity index (χ1) is 17.2. The highest BCUT2D eigenvalue weighted by atomic mass is 32.2. The van der Waals surface area contributed by atoms with Gasteiger partial charge in [-0.2, -0.15) is 11.8 Å². The number of thioether (sulfide) groups is 1. The number of carbonyl (C=O) groups excluding carboxylic acids is 2. The molecule has 0 aliphatic carbocycles. The van der Waals surface area contributed by atoms with Gasteiger partial charge in [0.2, 0.25) is 0 Å². The number of carbonyl (C=O) groups is 2. The Bertz CT molecular complexity index is 1190. The van der Waals surface area contributed by atoms with E-state index in [9.17, 15) is 14.0 Å². The summed E-state index contributed by atoms with van der Waals surface area (Å²) in [4.78, 5) is 33.3. The fraction of sp³-hybridized carbons (Fsp3) is 0.321. The molecule has 0 fully saturated rings. The Balaban J connectivity index is 1.89. The number of H-pyrrole nitrogens is 1. The maximum atomic E-state index is 13.6. The third-order valence-electron chi connectivity index (χ3n) is 5.25. The second kappa shape index (κ2) is 12.5. The van der Waals surface area contributed by atoms with Gasteiger partial charge in [0, 0.05) is 23.9 Å². The van der Waals surface area contributed by atoms with Crippen LogP contribution in [0.25, 0.3) is 17.2 Å². The topological polar surface area (TPSA) is 84.1 Å². The van der Waals surface area contributed by atoms with E-state index in [4.69, 9.17) is 4.74 Å². The monoisotopic (exact) mass is 509 g/mol. The molecule has 0 saturated carbocycles. The summed E-state index contributed by atoms with van der Waals surface area (Å²) in [5.41, 5.74) is 2.94. The van der Waals surface area contributed by atoms with Gasteiger partial charge in [-0.05, 0) is 80.2 Å². The molecule has 0 aliphatic heterocycles. The molecule has 0 unspecified atom stereocenters. The average Bonchev–Trinajstić information content (AvgIpc) is 3.34. The Labute approximate surface area is 215 Å². The number of halogens is 1. The summed E-state index contributed by atoms with van der Waals surface area (Å²) in [6.45, 7) is 5.39. The Morgan fingerprint density at radius 2 is 1.94 bits per heavy atom. The minimum absolute atomic E-state index is 0.359. The normalized spacial score (nSPS) is 12.5. The van der Waals surface area contributed by atoms with E-state index in [1.54, 1.807) is 63.3 Å². The number of hydrogen-bond acceptors (Lipinski definition) is 5. The third-order valence-corrected chi connectivity index (χ3v) is 5.90. The maximum Gasteiger partial charge on any atom is 0.329 e. The van der Waals surface area contributed by atoms with E-state index in [2.05, 4.69) is 15.3 Å². The molecular formula is C28H32FN3O3S. The fourth-order valence-electron chi connectivity index (χ4n) is 3.54. The molecule has 0 bridgehead atoms. The van der Waals surface area contributed by atoms with Crippen LogP contribution in [0.15, 0.2) is 61.1 Å². The first-order valence-electron chi connectivity index (χ1n) is 11.7. The molecule has 0 radical (unpaired) electrons. The zero-order valence-electron chi connectivity index (χ0n) is 21.0. The molecule has 36 heavy (non-hydrogen) atoms. The van der Waals surface area contributed by atoms with Crippen LogP contribution in [-0.2, 0) is 16.0 Å². The number of benzene rings is 2. The van der Waals surface area contributed by atoms with Gasteiger partial charge in [-0.3, -0.25) is 4.79 Å². The second-order valence-electron chi connectivity index (χ2n) is 9.34. The summed E-state index contributed by atoms with van der Waals surface area (Å²) in [5, 5.41) is 2.86. The van der Waals surface area contributed by atoms with Crippen molar-refractivity contribution in [3.63, 3.8) is 0 Å². The molecule has 190 valence electrons. The third kappa shape index (κ3) is 8.09. The molecular weight excluding hydrogens is 477 g/mol. The van der Waals surface area contributed by atoms with Gasteiger partial charge in [-0.25, -0.2) is 14.2 Å². The minimum atomic E-state index is -0.778. The summed E-state index contributed by atoms with van der Waals surface area (Å²) in [6.07, 6.45) is 10.4. The van der Waals surface area contributed by atoms with Crippen molar-refractivity contribution in [2.24, 2.45) is 0 Å². The van der Waals surface area contributed by atoms with Crippen molar-refractivity contribution in [1.82, 2.24) is 15.3 Å². The maximum absolute atomic E-state index is 13.6. The van der Waals surface area contributed by atoms with Gasteiger partial charge in [0.25, 0.3) is 5.91 Å². The van der Waals surface area contributed by atoms with Crippen molar-refractivity contribution in [3.05, 3.63) is 83.7 Å². The van der Waals surface area contributed by atoms with Crippen molar-refractivity contribution in [3.8, 4) is 11.1 Å². The van der Waals surface area contributed by atoms with E-state index >= 15 is 0 Å². The van der Waals surface area contributed by atoms with Gasteiger partial charge in [-0.15, -0.1) is 0 Å². The lowest BCUT2D eigenvalue weighted by molar-refractivity contribution is -0.157. The van der Waals surface area contributed by atoms with Crippen LogP contribution < -0.4 is 5.32 Å². The van der Waals surface area contributed by atoms with Crippen LogP contribution in [0.3, 0.4) is 0 Å². The highest BCUT2D eigenvalue weighted by Crippen LogP contribution is 2.27. The van der Waals surface area contributed by atoms with Gasteiger partial charge in [0.15, 0.2) is 0 Å². The lowest BCUT2D eigenvalue weighted by Gasteiger charge is -2.25. The number of rotatable bonds is 10. The number of nitrogens with one attached hydrogen (secondary N) is 2. The fourth-order valence-corrected chi connectivity index (χ4v) is 4.02. The number of aromatic nitrogens is 2. The number of imidazole rings is 1. The van der Waals surface area contributed by atoms with Crippen molar-refractivity contribution in [2.45, 2.75) is 45.3 Å². The predicted molar refractivity (Wildman–Crippen MR) is 143 cm³/mol. The first kappa shape index (κ1) is 27.2. The quantitative estimate of drug-likeness (QED) is 0.344. The van der Waals surface area contributed by atoms with Crippen molar-refractivity contribution in [2.75, 3.05) is 12.0 Å². The van der Waals surface area contributed by atoms with Gasteiger partial charge >= 0.3 is 5.97 Å². The van der Waals surface area contributed by atoms with Crippen LogP contribution in [0.2, 0.25) is 0 Å². The average molecular weight is 510 g/mol. The van der Waals surface area contributed by atoms with E-state index in [1.165, 1.54) is 12.1 Å². The summed E-state index contributed by atoms with van der Waals surface area (Å²) >= 11 is 1.59. The van der Waals surface area contributed by atoms with Gasteiger partial charge in [-0.1, -0.05) is 30.4 Å². The molecule has 1 aromatic heterocycles. The summed E-state index contributed by atoms with van der Waals surface area (Å²) < 4.78 is 19.1. The Morgan fingerprint density at radius 1 is 1.19 bits per heavy atom. The van der Waals surface area contributed by atoms with Gasteiger partial charge in [0.05, 0.1) is 6.33 Å². The lowest BCUT2D eigenvalue weighted by atomic mass is 9.96. The number of ether oxygens (including phenoxy) is 1.